The molecule has 1 atom stereocenters. The van der Waals surface area contributed by atoms with Crippen molar-refractivity contribution in [3.63, 3.8) is 0 Å². The number of aliphatic hydroxyl groups is 1. The van der Waals surface area contributed by atoms with E-state index in [2.05, 4.69) is 4.74 Å². The van der Waals surface area contributed by atoms with Crippen molar-refractivity contribution in [3.05, 3.63) is 23.2 Å². The highest BCUT2D eigenvalue weighted by atomic mass is 16.5. The Kier molecular flexibility index (Phi) is 4.72. The summed E-state index contributed by atoms with van der Waals surface area (Å²) in [6.07, 6.45) is -0.392. The molecule has 0 aliphatic carbocycles. The second kappa shape index (κ2) is 5.84. The van der Waals surface area contributed by atoms with E-state index in [1.807, 2.05) is 18.0 Å². The SMILES string of the molecule is COC(=O)c1oc(CN(C)CC(C)O)cc1C. The summed E-state index contributed by atoms with van der Waals surface area (Å²) in [6.45, 7) is 4.62. The molecule has 0 bridgehead atoms. The number of hydrogen-bond donors (Lipinski definition) is 1. The highest BCUT2D eigenvalue weighted by Crippen LogP contribution is 2.16. The number of hydrogen-bond acceptors (Lipinski definition) is 5. The van der Waals surface area contributed by atoms with Crippen molar-refractivity contribution in [2.45, 2.75) is 26.5 Å². The number of likely N-dealkylation sites (N-methyl/N-ethyl adjacent to an activating group) is 1. The first-order valence-corrected chi connectivity index (χ1v) is 5.48. The van der Waals surface area contributed by atoms with Crippen molar-refractivity contribution >= 4 is 5.97 Å². The molecule has 0 fully saturated rings. The molecular weight excluding hydrogens is 222 g/mol. The van der Waals surface area contributed by atoms with Gasteiger partial charge in [0.2, 0.25) is 5.76 Å². The van der Waals surface area contributed by atoms with Crippen molar-refractivity contribution in [2.24, 2.45) is 0 Å². The Morgan fingerprint density at radius 2 is 2.29 bits per heavy atom. The lowest BCUT2D eigenvalue weighted by atomic mass is 10.2. The zero-order valence-electron chi connectivity index (χ0n) is 10.7. The summed E-state index contributed by atoms with van der Waals surface area (Å²) in [5.41, 5.74) is 0.761. The first-order valence-electron chi connectivity index (χ1n) is 5.48. The van der Waals surface area contributed by atoms with E-state index in [9.17, 15) is 9.90 Å². The van der Waals surface area contributed by atoms with Crippen LogP contribution in [0.2, 0.25) is 0 Å². The van der Waals surface area contributed by atoms with Crippen LogP contribution in [0.1, 0.15) is 28.8 Å². The van der Waals surface area contributed by atoms with Crippen LogP contribution < -0.4 is 0 Å². The average molecular weight is 241 g/mol. The van der Waals surface area contributed by atoms with E-state index in [0.717, 1.165) is 5.56 Å². The lowest BCUT2D eigenvalue weighted by Crippen LogP contribution is -2.26. The number of furan rings is 1. The zero-order chi connectivity index (χ0) is 13.0. The maximum atomic E-state index is 11.3. The summed E-state index contributed by atoms with van der Waals surface area (Å²) in [5.74, 6) is 0.464. The normalized spacial score (nSPS) is 12.8. The molecule has 0 saturated heterocycles. The Hall–Kier alpha value is -1.33. The molecule has 0 radical (unpaired) electrons. The molecule has 1 rings (SSSR count). The third-order valence-electron chi connectivity index (χ3n) is 2.34. The largest absolute Gasteiger partial charge is 0.463 e. The molecule has 1 N–H and O–H groups in total. The van der Waals surface area contributed by atoms with Crippen molar-refractivity contribution in [2.75, 3.05) is 20.7 Å². The van der Waals surface area contributed by atoms with Gasteiger partial charge in [0.1, 0.15) is 5.76 Å². The molecule has 5 heteroatoms. The van der Waals surface area contributed by atoms with Gasteiger partial charge in [-0.15, -0.1) is 0 Å². The fraction of sp³-hybridized carbons (Fsp3) is 0.583. The Bertz CT molecular complexity index is 384. The van der Waals surface area contributed by atoms with Crippen molar-refractivity contribution in [1.29, 1.82) is 0 Å². The van der Waals surface area contributed by atoms with Gasteiger partial charge in [0.25, 0.3) is 0 Å². The molecule has 0 saturated carbocycles. The third kappa shape index (κ3) is 3.87. The lowest BCUT2D eigenvalue weighted by Gasteiger charge is -2.16. The molecule has 0 aromatic carbocycles. The molecule has 0 aliphatic heterocycles. The molecule has 17 heavy (non-hydrogen) atoms. The van der Waals surface area contributed by atoms with Crippen LogP contribution in [-0.4, -0.2) is 42.8 Å². The second-order valence-corrected chi connectivity index (χ2v) is 4.26. The molecule has 1 aromatic heterocycles. The Morgan fingerprint density at radius 3 is 2.82 bits per heavy atom. The number of carbonyl (C=O) groups is 1. The maximum absolute atomic E-state index is 11.3. The van der Waals surface area contributed by atoms with Gasteiger partial charge in [-0.05, 0) is 27.0 Å². The van der Waals surface area contributed by atoms with Gasteiger partial charge in [-0.1, -0.05) is 0 Å². The van der Waals surface area contributed by atoms with Crippen molar-refractivity contribution in [1.82, 2.24) is 4.90 Å². The number of rotatable bonds is 5. The highest BCUT2D eigenvalue weighted by molar-refractivity contribution is 5.87. The van der Waals surface area contributed by atoms with Crippen molar-refractivity contribution < 1.29 is 19.1 Å². The van der Waals surface area contributed by atoms with Crippen LogP contribution in [0, 0.1) is 6.92 Å². The number of aryl methyl sites for hydroxylation is 1. The first-order chi connectivity index (χ1) is 7.93. The van der Waals surface area contributed by atoms with Gasteiger partial charge in [0.05, 0.1) is 19.8 Å². The maximum Gasteiger partial charge on any atom is 0.374 e. The van der Waals surface area contributed by atoms with Crippen LogP contribution in [-0.2, 0) is 11.3 Å². The van der Waals surface area contributed by atoms with E-state index < -0.39 is 12.1 Å². The third-order valence-corrected chi connectivity index (χ3v) is 2.34. The lowest BCUT2D eigenvalue weighted by molar-refractivity contribution is 0.0559. The van der Waals surface area contributed by atoms with Crippen LogP contribution in [0.25, 0.3) is 0 Å². The number of ether oxygens (including phenoxy) is 1. The Balaban J connectivity index is 2.70. The molecule has 0 spiro atoms. The summed E-state index contributed by atoms with van der Waals surface area (Å²) in [6, 6.07) is 1.81. The molecular formula is C12H19NO4. The monoisotopic (exact) mass is 241 g/mol. The summed E-state index contributed by atoms with van der Waals surface area (Å²) in [7, 11) is 3.20. The number of aliphatic hydroxyl groups excluding tert-OH is 1. The van der Waals surface area contributed by atoms with E-state index in [1.54, 1.807) is 13.8 Å². The molecule has 96 valence electrons. The summed E-state index contributed by atoms with van der Waals surface area (Å²) in [5, 5.41) is 9.24. The van der Waals surface area contributed by atoms with E-state index in [4.69, 9.17) is 4.42 Å². The van der Waals surface area contributed by atoms with E-state index in [0.29, 0.717) is 18.8 Å². The standard InChI is InChI=1S/C12H19NO4/c1-8-5-10(7-13(3)6-9(2)14)17-11(8)12(15)16-4/h5,9,14H,6-7H2,1-4H3. The van der Waals surface area contributed by atoms with E-state index in [1.165, 1.54) is 7.11 Å². The van der Waals surface area contributed by atoms with Crippen LogP contribution in [0.5, 0.6) is 0 Å². The van der Waals surface area contributed by atoms with Crippen LogP contribution in [0.4, 0.5) is 0 Å². The van der Waals surface area contributed by atoms with Crippen LogP contribution >= 0.6 is 0 Å². The number of carbonyl (C=O) groups excluding carboxylic acids is 1. The predicted molar refractivity (Wildman–Crippen MR) is 62.8 cm³/mol. The number of nitrogens with zero attached hydrogens (tertiary/aromatic N) is 1. The fourth-order valence-electron chi connectivity index (χ4n) is 1.70. The summed E-state index contributed by atoms with van der Waals surface area (Å²) in [4.78, 5) is 13.3. The van der Waals surface area contributed by atoms with Gasteiger partial charge in [-0.3, -0.25) is 4.90 Å². The Morgan fingerprint density at radius 1 is 1.65 bits per heavy atom. The van der Waals surface area contributed by atoms with Gasteiger partial charge in [-0.2, -0.15) is 0 Å². The number of esters is 1. The zero-order valence-corrected chi connectivity index (χ0v) is 10.7. The highest BCUT2D eigenvalue weighted by Gasteiger charge is 2.17. The van der Waals surface area contributed by atoms with Crippen LogP contribution in [0.3, 0.4) is 0 Å². The summed E-state index contributed by atoms with van der Waals surface area (Å²) < 4.78 is 10.0. The van der Waals surface area contributed by atoms with Gasteiger partial charge in [0, 0.05) is 12.1 Å². The molecule has 1 unspecified atom stereocenters. The van der Waals surface area contributed by atoms with Gasteiger partial charge in [0.15, 0.2) is 0 Å². The number of methoxy groups -OCH3 is 1. The van der Waals surface area contributed by atoms with Gasteiger partial charge in [-0.25, -0.2) is 4.79 Å². The molecule has 0 aliphatic rings. The fourth-order valence-corrected chi connectivity index (χ4v) is 1.70. The average Bonchev–Trinajstić information content (AvgIpc) is 2.56. The predicted octanol–water partition coefficient (Wildman–Crippen LogP) is 1.19. The summed E-state index contributed by atoms with van der Waals surface area (Å²) >= 11 is 0. The quantitative estimate of drug-likeness (QED) is 0.784. The van der Waals surface area contributed by atoms with E-state index >= 15 is 0 Å². The molecule has 1 aromatic rings. The molecule has 0 amide bonds. The topological polar surface area (TPSA) is 62.9 Å². The minimum atomic E-state index is -0.466. The second-order valence-electron chi connectivity index (χ2n) is 4.26. The first kappa shape index (κ1) is 13.7. The minimum absolute atomic E-state index is 0.243. The molecule has 1 heterocycles. The minimum Gasteiger partial charge on any atom is -0.463 e. The van der Waals surface area contributed by atoms with Gasteiger partial charge >= 0.3 is 5.97 Å². The molecule has 5 nitrogen and oxygen atoms in total. The Labute approximate surface area is 101 Å². The smallest absolute Gasteiger partial charge is 0.374 e. The van der Waals surface area contributed by atoms with Gasteiger partial charge < -0.3 is 14.3 Å². The van der Waals surface area contributed by atoms with Crippen molar-refractivity contribution in [3.8, 4) is 0 Å². The van der Waals surface area contributed by atoms with E-state index in [-0.39, 0.29) is 5.76 Å². The van der Waals surface area contributed by atoms with Crippen LogP contribution in [0.15, 0.2) is 10.5 Å².